The van der Waals surface area contributed by atoms with Gasteiger partial charge in [-0.2, -0.15) is 5.26 Å². The van der Waals surface area contributed by atoms with E-state index in [1.807, 2.05) is 36.5 Å². The van der Waals surface area contributed by atoms with Gasteiger partial charge < -0.3 is 4.90 Å². The Morgan fingerprint density at radius 3 is 2.61 bits per heavy atom. The zero-order valence-electron chi connectivity index (χ0n) is 13.0. The van der Waals surface area contributed by atoms with E-state index in [9.17, 15) is 14.9 Å². The first-order valence-electron chi connectivity index (χ1n) is 7.42. The summed E-state index contributed by atoms with van der Waals surface area (Å²) < 4.78 is 0. The molecule has 3 rings (SSSR count). The summed E-state index contributed by atoms with van der Waals surface area (Å²) in [6.45, 7) is 1.43. The number of allylic oxidation sites excluding steroid dienone is 5. The van der Waals surface area contributed by atoms with Crippen molar-refractivity contribution in [3.05, 3.63) is 65.0 Å². The predicted octanol–water partition coefficient (Wildman–Crippen LogP) is 2.85. The average molecular weight is 304 g/mol. The van der Waals surface area contributed by atoms with Crippen molar-refractivity contribution in [2.45, 2.75) is 13.3 Å². The fourth-order valence-electron chi connectivity index (χ4n) is 3.10. The Morgan fingerprint density at radius 1 is 1.30 bits per heavy atom. The lowest BCUT2D eigenvalue weighted by Crippen LogP contribution is -2.28. The van der Waals surface area contributed by atoms with Crippen LogP contribution in [0.25, 0.3) is 5.57 Å². The highest BCUT2D eigenvalue weighted by atomic mass is 16.1. The largest absolute Gasteiger partial charge is 0.342 e. The van der Waals surface area contributed by atoms with E-state index < -0.39 is 5.92 Å². The molecule has 1 unspecified atom stereocenters. The third-order valence-corrected chi connectivity index (χ3v) is 4.21. The van der Waals surface area contributed by atoms with Crippen LogP contribution < -0.4 is 0 Å². The van der Waals surface area contributed by atoms with Crippen molar-refractivity contribution in [2.24, 2.45) is 5.92 Å². The summed E-state index contributed by atoms with van der Waals surface area (Å²) in [5, 5.41) is 9.57. The van der Waals surface area contributed by atoms with Gasteiger partial charge in [-0.25, -0.2) is 0 Å². The van der Waals surface area contributed by atoms with Crippen molar-refractivity contribution in [1.82, 2.24) is 4.90 Å². The SMILES string of the molecule is CC(=O)C1C=C2C(=CN(C)C(C#N)=C2c2ccccc2)CC1=O. The quantitative estimate of drug-likeness (QED) is 0.788. The zero-order chi connectivity index (χ0) is 16.6. The van der Waals surface area contributed by atoms with Gasteiger partial charge in [0, 0.05) is 25.2 Å². The minimum atomic E-state index is -0.718. The van der Waals surface area contributed by atoms with Gasteiger partial charge in [-0.05, 0) is 23.6 Å². The molecule has 23 heavy (non-hydrogen) atoms. The van der Waals surface area contributed by atoms with Crippen LogP contribution in [-0.4, -0.2) is 23.5 Å². The number of Topliss-reactive ketones (excluding diaryl/α,β-unsaturated/α-hetero) is 2. The van der Waals surface area contributed by atoms with Gasteiger partial charge in [0.2, 0.25) is 0 Å². The number of nitrogens with zero attached hydrogens (tertiary/aromatic N) is 2. The van der Waals surface area contributed by atoms with E-state index in [1.165, 1.54) is 6.92 Å². The molecule has 0 saturated heterocycles. The molecule has 4 nitrogen and oxygen atoms in total. The van der Waals surface area contributed by atoms with E-state index in [2.05, 4.69) is 6.07 Å². The highest BCUT2D eigenvalue weighted by Gasteiger charge is 2.34. The van der Waals surface area contributed by atoms with Crippen molar-refractivity contribution < 1.29 is 9.59 Å². The number of fused-ring (bicyclic) bond motifs is 1. The topological polar surface area (TPSA) is 61.2 Å². The molecule has 4 heteroatoms. The summed E-state index contributed by atoms with van der Waals surface area (Å²) in [5.74, 6) is -0.968. The molecule has 2 aliphatic rings. The van der Waals surface area contributed by atoms with Gasteiger partial charge in [-0.15, -0.1) is 0 Å². The fraction of sp³-hybridized carbons (Fsp3) is 0.211. The molecule has 0 bridgehead atoms. The first kappa shape index (κ1) is 15.0. The fourth-order valence-corrected chi connectivity index (χ4v) is 3.10. The molecule has 1 aliphatic heterocycles. The van der Waals surface area contributed by atoms with E-state index in [4.69, 9.17) is 0 Å². The van der Waals surface area contributed by atoms with E-state index >= 15 is 0 Å². The highest BCUT2D eigenvalue weighted by molar-refractivity contribution is 6.08. The number of carbonyl (C=O) groups is 2. The minimum absolute atomic E-state index is 0.0891. The Kier molecular flexibility index (Phi) is 3.71. The van der Waals surface area contributed by atoms with Gasteiger partial charge in [0.25, 0.3) is 0 Å². The van der Waals surface area contributed by atoms with Gasteiger partial charge >= 0.3 is 0 Å². The monoisotopic (exact) mass is 304 g/mol. The third kappa shape index (κ3) is 2.51. The molecule has 0 amide bonds. The standard InChI is InChI=1S/C19H16N2O2/c1-12(22)15-9-16-14(8-18(15)23)11-21(2)17(10-20)19(16)13-6-4-3-5-7-13/h3-7,9,11,15H,8H2,1-2H3. The van der Waals surface area contributed by atoms with Crippen LogP contribution >= 0.6 is 0 Å². The van der Waals surface area contributed by atoms with Crippen LogP contribution in [0.4, 0.5) is 0 Å². The summed E-state index contributed by atoms with van der Waals surface area (Å²) in [7, 11) is 1.80. The minimum Gasteiger partial charge on any atom is -0.342 e. The summed E-state index contributed by atoms with van der Waals surface area (Å²) in [6, 6.07) is 11.8. The van der Waals surface area contributed by atoms with E-state index in [0.717, 1.165) is 22.3 Å². The predicted molar refractivity (Wildman–Crippen MR) is 86.7 cm³/mol. The molecule has 0 radical (unpaired) electrons. The number of benzene rings is 1. The van der Waals surface area contributed by atoms with Gasteiger partial charge in [-0.1, -0.05) is 36.4 Å². The van der Waals surface area contributed by atoms with Crippen molar-refractivity contribution in [3.8, 4) is 6.07 Å². The van der Waals surface area contributed by atoms with Gasteiger partial charge in [-0.3, -0.25) is 9.59 Å². The van der Waals surface area contributed by atoms with Crippen molar-refractivity contribution in [3.63, 3.8) is 0 Å². The summed E-state index contributed by atoms with van der Waals surface area (Å²) in [4.78, 5) is 25.7. The first-order valence-corrected chi connectivity index (χ1v) is 7.42. The lowest BCUT2D eigenvalue weighted by atomic mass is 9.77. The van der Waals surface area contributed by atoms with Crippen molar-refractivity contribution >= 4 is 17.1 Å². The Morgan fingerprint density at radius 2 is 2.00 bits per heavy atom. The number of hydrogen-bond acceptors (Lipinski definition) is 4. The van der Waals surface area contributed by atoms with Gasteiger partial charge in [0.05, 0.1) is 5.92 Å². The molecular formula is C19H16N2O2. The number of rotatable bonds is 2. The third-order valence-electron chi connectivity index (χ3n) is 4.21. The number of carbonyl (C=O) groups excluding carboxylic acids is 2. The first-order chi connectivity index (χ1) is 11.0. The summed E-state index contributed by atoms with van der Waals surface area (Å²) in [6.07, 6.45) is 3.74. The maximum atomic E-state index is 12.2. The molecule has 1 aromatic carbocycles. The Balaban J connectivity index is 2.24. The molecule has 1 aromatic rings. The van der Waals surface area contributed by atoms with Crippen molar-refractivity contribution in [2.75, 3.05) is 7.05 Å². The Bertz CT molecular complexity index is 823. The molecule has 1 heterocycles. The molecule has 1 atom stereocenters. The van der Waals surface area contributed by atoms with Crippen LogP contribution in [0, 0.1) is 17.2 Å². The summed E-state index contributed by atoms with van der Waals surface area (Å²) >= 11 is 0. The van der Waals surface area contributed by atoms with E-state index in [1.54, 1.807) is 18.0 Å². The van der Waals surface area contributed by atoms with E-state index in [-0.39, 0.29) is 18.0 Å². The molecule has 114 valence electrons. The lowest BCUT2D eigenvalue weighted by Gasteiger charge is -2.31. The van der Waals surface area contributed by atoms with Crippen LogP contribution in [0.5, 0.6) is 0 Å². The summed E-state index contributed by atoms with van der Waals surface area (Å²) in [5.41, 5.74) is 3.89. The van der Waals surface area contributed by atoms with Crippen LogP contribution in [-0.2, 0) is 9.59 Å². The second-order valence-corrected chi connectivity index (χ2v) is 5.78. The molecule has 0 fully saturated rings. The van der Waals surface area contributed by atoms with Gasteiger partial charge in [0.15, 0.2) is 5.78 Å². The Hall–Kier alpha value is -2.93. The van der Waals surface area contributed by atoms with Crippen LogP contribution in [0.3, 0.4) is 0 Å². The molecule has 0 N–H and O–H groups in total. The average Bonchev–Trinajstić information content (AvgIpc) is 2.53. The molecule has 0 spiro atoms. The molecule has 1 aliphatic carbocycles. The molecule has 0 saturated carbocycles. The lowest BCUT2D eigenvalue weighted by molar-refractivity contribution is -0.129. The van der Waals surface area contributed by atoms with Gasteiger partial charge in [0.1, 0.15) is 17.5 Å². The number of hydrogen-bond donors (Lipinski definition) is 0. The second-order valence-electron chi connectivity index (χ2n) is 5.78. The maximum Gasteiger partial charge on any atom is 0.151 e. The normalized spacial score (nSPS) is 20.5. The zero-order valence-corrected chi connectivity index (χ0v) is 13.0. The van der Waals surface area contributed by atoms with Crippen LogP contribution in [0.1, 0.15) is 18.9 Å². The smallest absolute Gasteiger partial charge is 0.151 e. The number of ketones is 2. The Labute approximate surface area is 135 Å². The van der Waals surface area contributed by atoms with E-state index in [0.29, 0.717) is 5.70 Å². The van der Waals surface area contributed by atoms with Crippen LogP contribution in [0.2, 0.25) is 0 Å². The van der Waals surface area contributed by atoms with Crippen molar-refractivity contribution in [1.29, 1.82) is 5.26 Å². The molecular weight excluding hydrogens is 288 g/mol. The molecule has 0 aromatic heterocycles. The second kappa shape index (κ2) is 5.69. The number of nitriles is 1. The maximum absolute atomic E-state index is 12.2. The van der Waals surface area contributed by atoms with Crippen LogP contribution in [0.15, 0.2) is 59.5 Å². The highest BCUT2D eigenvalue weighted by Crippen LogP contribution is 2.41.